The Bertz CT molecular complexity index is 1360. The van der Waals surface area contributed by atoms with Gasteiger partial charge in [0, 0.05) is 60.3 Å². The minimum atomic E-state index is -0.441. The number of nitrogens with zero attached hydrogens (tertiary/aromatic N) is 3. The molecule has 1 unspecified atom stereocenters. The van der Waals surface area contributed by atoms with E-state index < -0.39 is 5.97 Å². The van der Waals surface area contributed by atoms with Crippen LogP contribution in [0.2, 0.25) is 0 Å². The van der Waals surface area contributed by atoms with Gasteiger partial charge < -0.3 is 19.2 Å². The molecule has 1 aliphatic rings. The van der Waals surface area contributed by atoms with Gasteiger partial charge in [0.2, 0.25) is 0 Å². The van der Waals surface area contributed by atoms with E-state index in [1.807, 2.05) is 36.4 Å². The Hall–Kier alpha value is -3.42. The van der Waals surface area contributed by atoms with Gasteiger partial charge in [0.1, 0.15) is 22.7 Å². The van der Waals surface area contributed by atoms with Crippen LogP contribution in [0.4, 0.5) is 0 Å². The fourth-order valence-electron chi connectivity index (χ4n) is 5.30. The maximum atomic E-state index is 13.2. The van der Waals surface area contributed by atoms with Gasteiger partial charge in [-0.3, -0.25) is 9.88 Å². The zero-order valence-electron chi connectivity index (χ0n) is 20.5. The third-order valence-electron chi connectivity index (χ3n) is 7.03. The second-order valence-electron chi connectivity index (χ2n) is 8.92. The number of esters is 1. The van der Waals surface area contributed by atoms with Crippen LogP contribution in [0.3, 0.4) is 0 Å². The molecule has 1 saturated heterocycles. The molecule has 3 heterocycles. The van der Waals surface area contributed by atoms with Crippen LogP contribution >= 0.6 is 0 Å². The van der Waals surface area contributed by atoms with Gasteiger partial charge in [-0.25, -0.2) is 4.79 Å². The lowest BCUT2D eigenvalue weighted by Crippen LogP contribution is -2.47. The monoisotopic (exact) mass is 473 g/mol. The van der Waals surface area contributed by atoms with E-state index in [0.29, 0.717) is 33.2 Å². The number of phenols is 1. The fraction of sp³-hybridized carbons (Fsp3) is 0.357. The number of fused-ring (bicyclic) bond motifs is 3. The lowest BCUT2D eigenvalue weighted by molar-refractivity contribution is 0.0526. The molecule has 35 heavy (non-hydrogen) atoms. The standard InChI is InChI=1S/C28H31N3O4/c1-4-30-14-16-31(17-15-30)25(19-10-12-29-13-11-19)24-23-22(28(33)34-5-2)18(3)35-27(23)21-9-7-6-8-20(21)26(24)32/h6-13,25,32H,4-5,14-17H2,1-3H3. The zero-order valence-corrected chi connectivity index (χ0v) is 20.5. The van der Waals surface area contributed by atoms with Gasteiger partial charge in [-0.05, 0) is 38.1 Å². The van der Waals surface area contributed by atoms with E-state index in [1.165, 1.54) is 0 Å². The van der Waals surface area contributed by atoms with Crippen LogP contribution < -0.4 is 0 Å². The van der Waals surface area contributed by atoms with Crippen molar-refractivity contribution in [3.05, 3.63) is 71.2 Å². The molecule has 0 bridgehead atoms. The minimum absolute atomic E-state index is 0.166. The number of piperazine rings is 1. The van der Waals surface area contributed by atoms with Gasteiger partial charge in [0.25, 0.3) is 0 Å². The average molecular weight is 474 g/mol. The highest BCUT2D eigenvalue weighted by Crippen LogP contribution is 2.47. The number of hydrogen-bond donors (Lipinski definition) is 1. The van der Waals surface area contributed by atoms with E-state index in [0.717, 1.165) is 43.7 Å². The first-order valence-electron chi connectivity index (χ1n) is 12.2. The van der Waals surface area contributed by atoms with Crippen LogP contribution in [0.5, 0.6) is 5.75 Å². The predicted molar refractivity (Wildman–Crippen MR) is 136 cm³/mol. The molecule has 1 N–H and O–H groups in total. The van der Waals surface area contributed by atoms with Crippen molar-refractivity contribution in [1.82, 2.24) is 14.8 Å². The summed E-state index contributed by atoms with van der Waals surface area (Å²) in [4.78, 5) is 22.2. The number of phenolic OH excluding ortho intramolecular Hbond substituents is 1. The minimum Gasteiger partial charge on any atom is -0.507 e. The molecule has 1 aliphatic heterocycles. The molecule has 7 nitrogen and oxygen atoms in total. The van der Waals surface area contributed by atoms with E-state index in [9.17, 15) is 9.90 Å². The average Bonchev–Trinajstić information content (AvgIpc) is 3.24. The van der Waals surface area contributed by atoms with Crippen molar-refractivity contribution < 1.29 is 19.1 Å². The third-order valence-corrected chi connectivity index (χ3v) is 7.03. The van der Waals surface area contributed by atoms with Crippen LogP contribution in [0.25, 0.3) is 21.7 Å². The van der Waals surface area contributed by atoms with Gasteiger partial charge in [0.15, 0.2) is 0 Å². The maximum absolute atomic E-state index is 13.2. The van der Waals surface area contributed by atoms with Crippen LogP contribution in [0.1, 0.15) is 47.1 Å². The van der Waals surface area contributed by atoms with Crippen LogP contribution in [-0.2, 0) is 4.74 Å². The Labute approximate surface area is 204 Å². The second kappa shape index (κ2) is 9.68. The first-order chi connectivity index (χ1) is 17.0. The molecule has 7 heteroatoms. The number of benzene rings is 2. The number of aryl methyl sites for hydroxylation is 1. The second-order valence-corrected chi connectivity index (χ2v) is 8.92. The van der Waals surface area contributed by atoms with E-state index in [2.05, 4.69) is 21.7 Å². The summed E-state index contributed by atoms with van der Waals surface area (Å²) in [5.41, 5.74) is 2.66. The van der Waals surface area contributed by atoms with Crippen LogP contribution in [-0.4, -0.2) is 65.2 Å². The zero-order chi connectivity index (χ0) is 24.5. The van der Waals surface area contributed by atoms with Gasteiger partial charge >= 0.3 is 5.97 Å². The quantitative estimate of drug-likeness (QED) is 0.399. The molecule has 5 rings (SSSR count). The Morgan fingerprint density at radius 1 is 1.09 bits per heavy atom. The van der Waals surface area contributed by atoms with Crippen molar-refractivity contribution in [3.8, 4) is 5.75 Å². The van der Waals surface area contributed by atoms with E-state index in [1.54, 1.807) is 26.2 Å². The third kappa shape index (κ3) is 4.05. The molecule has 0 radical (unpaired) electrons. The molecule has 0 aliphatic carbocycles. The highest BCUT2D eigenvalue weighted by molar-refractivity contribution is 6.16. The van der Waals surface area contributed by atoms with E-state index in [4.69, 9.17) is 9.15 Å². The molecule has 0 amide bonds. The van der Waals surface area contributed by atoms with Gasteiger partial charge in [-0.15, -0.1) is 0 Å². The molecule has 0 saturated carbocycles. The summed E-state index contributed by atoms with van der Waals surface area (Å²) in [5.74, 6) is 0.211. The van der Waals surface area contributed by atoms with Crippen molar-refractivity contribution >= 4 is 27.7 Å². The number of likely N-dealkylation sites (N-methyl/N-ethyl adjacent to an activating group) is 1. The van der Waals surface area contributed by atoms with Gasteiger partial charge in [-0.1, -0.05) is 31.2 Å². The maximum Gasteiger partial charge on any atom is 0.342 e. The number of furan rings is 1. The number of pyridine rings is 1. The van der Waals surface area contributed by atoms with Crippen molar-refractivity contribution in [2.24, 2.45) is 0 Å². The van der Waals surface area contributed by atoms with Crippen LogP contribution in [0, 0.1) is 6.92 Å². The largest absolute Gasteiger partial charge is 0.507 e. The SMILES string of the molecule is CCOC(=O)c1c(C)oc2c1c(C(c1ccncc1)N1CCN(CC)CC1)c(O)c1ccccc12. The molecule has 0 spiro atoms. The number of carbonyl (C=O) groups excluding carboxylic acids is 1. The number of aromatic nitrogens is 1. The summed E-state index contributed by atoms with van der Waals surface area (Å²) < 4.78 is 11.7. The first kappa shape index (κ1) is 23.3. The van der Waals surface area contributed by atoms with Crippen molar-refractivity contribution in [3.63, 3.8) is 0 Å². The fourth-order valence-corrected chi connectivity index (χ4v) is 5.30. The normalized spacial score (nSPS) is 16.1. The Morgan fingerprint density at radius 3 is 2.43 bits per heavy atom. The number of hydrogen-bond acceptors (Lipinski definition) is 7. The molecule has 2 aromatic heterocycles. The number of aromatic hydroxyl groups is 1. The smallest absolute Gasteiger partial charge is 0.342 e. The van der Waals surface area contributed by atoms with E-state index in [-0.39, 0.29) is 18.4 Å². The summed E-state index contributed by atoms with van der Waals surface area (Å²) in [5, 5.41) is 13.9. The molecule has 182 valence electrons. The first-order valence-corrected chi connectivity index (χ1v) is 12.2. The molecule has 1 atom stereocenters. The Kier molecular flexibility index (Phi) is 6.45. The molecule has 4 aromatic rings. The summed E-state index contributed by atoms with van der Waals surface area (Å²) in [6.45, 7) is 10.5. The molecule has 1 fully saturated rings. The van der Waals surface area contributed by atoms with Crippen molar-refractivity contribution in [2.75, 3.05) is 39.3 Å². The lowest BCUT2D eigenvalue weighted by atomic mass is 9.89. The van der Waals surface area contributed by atoms with E-state index >= 15 is 0 Å². The summed E-state index contributed by atoms with van der Waals surface area (Å²) >= 11 is 0. The van der Waals surface area contributed by atoms with Gasteiger partial charge in [-0.2, -0.15) is 0 Å². The highest BCUT2D eigenvalue weighted by atomic mass is 16.5. The van der Waals surface area contributed by atoms with Crippen LogP contribution in [0.15, 0.2) is 53.2 Å². The van der Waals surface area contributed by atoms with Crippen molar-refractivity contribution in [1.29, 1.82) is 0 Å². The predicted octanol–water partition coefficient (Wildman–Crippen LogP) is 4.90. The molecular weight excluding hydrogens is 442 g/mol. The molecule has 2 aromatic carbocycles. The lowest BCUT2D eigenvalue weighted by Gasteiger charge is -2.39. The summed E-state index contributed by atoms with van der Waals surface area (Å²) in [7, 11) is 0. The number of carbonyl (C=O) groups is 1. The highest BCUT2D eigenvalue weighted by Gasteiger charge is 2.34. The summed E-state index contributed by atoms with van der Waals surface area (Å²) in [6.07, 6.45) is 3.54. The Morgan fingerprint density at radius 2 is 1.77 bits per heavy atom. The molecular formula is C28H31N3O4. The Balaban J connectivity index is 1.83. The van der Waals surface area contributed by atoms with Gasteiger partial charge in [0.05, 0.1) is 12.6 Å². The number of ether oxygens (including phenoxy) is 1. The summed E-state index contributed by atoms with van der Waals surface area (Å²) in [6, 6.07) is 11.3. The number of rotatable bonds is 6. The topological polar surface area (TPSA) is 79.0 Å². The van der Waals surface area contributed by atoms with Crippen molar-refractivity contribution in [2.45, 2.75) is 26.8 Å².